The average Bonchev–Trinajstić information content (AvgIpc) is 2.38. The van der Waals surface area contributed by atoms with E-state index in [-0.39, 0.29) is 17.9 Å². The molecule has 1 aromatic rings. The summed E-state index contributed by atoms with van der Waals surface area (Å²) in [4.78, 5) is 23.1. The Balaban J connectivity index is 2.77. The highest BCUT2D eigenvalue weighted by atomic mass is 16.5. The number of hydrogen-bond acceptors (Lipinski definition) is 4. The van der Waals surface area contributed by atoms with E-state index in [2.05, 4.69) is 5.10 Å². The van der Waals surface area contributed by atoms with Gasteiger partial charge in [0.05, 0.1) is 0 Å². The number of ether oxygens (including phenoxy) is 1. The lowest BCUT2D eigenvalue weighted by Gasteiger charge is -2.05. The predicted molar refractivity (Wildman–Crippen MR) is 68.5 cm³/mol. The molecule has 0 N–H and O–H groups in total. The SMILES string of the molecule is C/C=C/COC(=O)c1ccc(=O)n(CCCC)n1. The van der Waals surface area contributed by atoms with Crippen molar-refractivity contribution in [3.63, 3.8) is 0 Å². The van der Waals surface area contributed by atoms with E-state index in [0.29, 0.717) is 6.54 Å². The molecule has 0 saturated carbocycles. The van der Waals surface area contributed by atoms with Gasteiger partial charge in [0.2, 0.25) is 0 Å². The summed E-state index contributed by atoms with van der Waals surface area (Å²) < 4.78 is 6.27. The second kappa shape index (κ2) is 7.42. The second-order valence-corrected chi connectivity index (χ2v) is 3.80. The van der Waals surface area contributed by atoms with Crippen LogP contribution >= 0.6 is 0 Å². The molecule has 0 fully saturated rings. The van der Waals surface area contributed by atoms with Crippen LogP contribution in [0.4, 0.5) is 0 Å². The van der Waals surface area contributed by atoms with Crippen molar-refractivity contribution in [2.45, 2.75) is 33.2 Å². The molecule has 0 bridgehead atoms. The van der Waals surface area contributed by atoms with Crippen molar-refractivity contribution in [2.75, 3.05) is 6.61 Å². The molecule has 0 aliphatic carbocycles. The first kappa shape index (κ1) is 14.2. The summed E-state index contributed by atoms with van der Waals surface area (Å²) in [5.41, 5.74) is -0.0383. The smallest absolute Gasteiger partial charge is 0.359 e. The Kier molecular flexibility index (Phi) is 5.84. The quantitative estimate of drug-likeness (QED) is 0.570. The molecule has 5 heteroatoms. The van der Waals surface area contributed by atoms with Crippen molar-refractivity contribution in [1.82, 2.24) is 9.78 Å². The van der Waals surface area contributed by atoms with Crippen LogP contribution < -0.4 is 5.56 Å². The van der Waals surface area contributed by atoms with Crippen LogP contribution in [-0.4, -0.2) is 22.4 Å². The van der Waals surface area contributed by atoms with E-state index in [4.69, 9.17) is 4.74 Å². The van der Waals surface area contributed by atoms with Crippen LogP contribution in [0.3, 0.4) is 0 Å². The monoisotopic (exact) mass is 250 g/mol. The lowest BCUT2D eigenvalue weighted by atomic mass is 10.3. The van der Waals surface area contributed by atoms with Crippen molar-refractivity contribution in [3.05, 3.63) is 40.3 Å². The highest BCUT2D eigenvalue weighted by Crippen LogP contribution is 1.97. The number of allylic oxidation sites excluding steroid dienone is 1. The lowest BCUT2D eigenvalue weighted by molar-refractivity contribution is 0.0539. The second-order valence-electron chi connectivity index (χ2n) is 3.80. The van der Waals surface area contributed by atoms with Gasteiger partial charge in [-0.3, -0.25) is 4.79 Å². The molecule has 1 rings (SSSR count). The van der Waals surface area contributed by atoms with Gasteiger partial charge < -0.3 is 4.74 Å². The molecule has 0 aromatic carbocycles. The maximum atomic E-state index is 11.6. The Morgan fingerprint density at radius 3 is 2.94 bits per heavy atom. The van der Waals surface area contributed by atoms with E-state index in [1.165, 1.54) is 16.8 Å². The number of unbranched alkanes of at least 4 members (excludes halogenated alkanes) is 1. The van der Waals surface area contributed by atoms with Crippen LogP contribution in [0.15, 0.2) is 29.1 Å². The predicted octanol–water partition coefficient (Wildman–Crippen LogP) is 1.78. The topological polar surface area (TPSA) is 61.2 Å². The van der Waals surface area contributed by atoms with Crippen LogP contribution in [0.5, 0.6) is 0 Å². The Morgan fingerprint density at radius 2 is 2.28 bits per heavy atom. The number of carbonyl (C=O) groups is 1. The van der Waals surface area contributed by atoms with E-state index in [1.54, 1.807) is 12.2 Å². The number of esters is 1. The first-order valence-corrected chi connectivity index (χ1v) is 6.05. The number of hydrogen-bond donors (Lipinski definition) is 0. The summed E-state index contributed by atoms with van der Waals surface area (Å²) in [7, 11) is 0. The molecule has 1 heterocycles. The zero-order chi connectivity index (χ0) is 13.4. The molecule has 0 amide bonds. The maximum absolute atomic E-state index is 11.6. The number of nitrogens with zero attached hydrogens (tertiary/aromatic N) is 2. The highest BCUT2D eigenvalue weighted by Gasteiger charge is 2.10. The normalized spacial score (nSPS) is 10.8. The third-order valence-electron chi connectivity index (χ3n) is 2.35. The molecule has 0 saturated heterocycles. The third-order valence-corrected chi connectivity index (χ3v) is 2.35. The zero-order valence-corrected chi connectivity index (χ0v) is 10.8. The molecule has 0 atom stereocenters. The van der Waals surface area contributed by atoms with Crippen LogP contribution in [0.2, 0.25) is 0 Å². The minimum absolute atomic E-state index is 0.162. The molecule has 98 valence electrons. The number of rotatable bonds is 6. The fraction of sp³-hybridized carbons (Fsp3) is 0.462. The average molecular weight is 250 g/mol. The molecular weight excluding hydrogens is 232 g/mol. The van der Waals surface area contributed by atoms with Gasteiger partial charge >= 0.3 is 5.97 Å². The number of carbonyl (C=O) groups excluding carboxylic acids is 1. The third kappa shape index (κ3) is 4.16. The minimum atomic E-state index is -0.515. The van der Waals surface area contributed by atoms with Gasteiger partial charge in [-0.2, -0.15) is 5.10 Å². The largest absolute Gasteiger partial charge is 0.457 e. The van der Waals surface area contributed by atoms with Crippen molar-refractivity contribution in [3.8, 4) is 0 Å². The molecule has 0 aliphatic rings. The molecule has 5 nitrogen and oxygen atoms in total. The van der Waals surface area contributed by atoms with Gasteiger partial charge in [0.1, 0.15) is 6.61 Å². The Labute approximate surface area is 106 Å². The van der Waals surface area contributed by atoms with E-state index >= 15 is 0 Å². The Morgan fingerprint density at radius 1 is 1.50 bits per heavy atom. The van der Waals surface area contributed by atoms with E-state index < -0.39 is 5.97 Å². The number of aromatic nitrogens is 2. The van der Waals surface area contributed by atoms with Crippen molar-refractivity contribution in [2.24, 2.45) is 0 Å². The van der Waals surface area contributed by atoms with Crippen LogP contribution in [0.25, 0.3) is 0 Å². The summed E-state index contributed by atoms with van der Waals surface area (Å²) in [6, 6.07) is 2.73. The van der Waals surface area contributed by atoms with E-state index in [1.807, 2.05) is 13.8 Å². The first-order chi connectivity index (χ1) is 8.69. The molecule has 0 spiro atoms. The summed E-state index contributed by atoms with van der Waals surface area (Å²) in [5.74, 6) is -0.515. The van der Waals surface area contributed by atoms with Crippen LogP contribution in [0, 0.1) is 0 Å². The Bertz CT molecular complexity index is 477. The van der Waals surface area contributed by atoms with Gasteiger partial charge in [-0.15, -0.1) is 0 Å². The molecule has 1 aromatic heterocycles. The first-order valence-electron chi connectivity index (χ1n) is 6.05. The standard InChI is InChI=1S/C13H18N2O3/c1-3-5-9-15-12(16)8-7-11(14-15)13(17)18-10-6-4-2/h4,6-8H,3,5,9-10H2,1-2H3/b6-4+. The van der Waals surface area contributed by atoms with Crippen molar-refractivity contribution < 1.29 is 9.53 Å². The minimum Gasteiger partial charge on any atom is -0.457 e. The summed E-state index contributed by atoms with van der Waals surface area (Å²) in [6.07, 6.45) is 5.34. The van der Waals surface area contributed by atoms with Gasteiger partial charge in [-0.25, -0.2) is 9.48 Å². The molecule has 0 aliphatic heterocycles. The number of aryl methyl sites for hydroxylation is 1. The molecule has 0 radical (unpaired) electrons. The van der Waals surface area contributed by atoms with Gasteiger partial charge in [0.25, 0.3) is 5.56 Å². The van der Waals surface area contributed by atoms with Crippen molar-refractivity contribution >= 4 is 5.97 Å². The molecule has 0 unspecified atom stereocenters. The Hall–Kier alpha value is -1.91. The van der Waals surface area contributed by atoms with Gasteiger partial charge in [-0.1, -0.05) is 25.5 Å². The summed E-state index contributed by atoms with van der Waals surface area (Å²) in [5, 5.41) is 3.99. The zero-order valence-electron chi connectivity index (χ0n) is 10.8. The van der Waals surface area contributed by atoms with E-state index in [9.17, 15) is 9.59 Å². The highest BCUT2D eigenvalue weighted by molar-refractivity contribution is 5.86. The maximum Gasteiger partial charge on any atom is 0.359 e. The van der Waals surface area contributed by atoms with Crippen LogP contribution in [0.1, 0.15) is 37.2 Å². The fourth-order valence-electron chi connectivity index (χ4n) is 1.32. The molecular formula is C13H18N2O3. The van der Waals surface area contributed by atoms with Crippen LogP contribution in [-0.2, 0) is 11.3 Å². The fourth-order valence-corrected chi connectivity index (χ4v) is 1.32. The lowest BCUT2D eigenvalue weighted by Crippen LogP contribution is -2.25. The van der Waals surface area contributed by atoms with Gasteiger partial charge in [0.15, 0.2) is 5.69 Å². The van der Waals surface area contributed by atoms with Crippen molar-refractivity contribution in [1.29, 1.82) is 0 Å². The molecule has 18 heavy (non-hydrogen) atoms. The summed E-state index contributed by atoms with van der Waals surface area (Å²) in [6.45, 7) is 4.60. The van der Waals surface area contributed by atoms with E-state index in [0.717, 1.165) is 12.8 Å². The van der Waals surface area contributed by atoms with Gasteiger partial charge in [0, 0.05) is 12.6 Å². The summed E-state index contributed by atoms with van der Waals surface area (Å²) >= 11 is 0. The van der Waals surface area contributed by atoms with Gasteiger partial charge in [-0.05, 0) is 19.4 Å².